The number of carbonyl (C=O) groups is 1. The monoisotopic (exact) mass is 337 g/mol. The molecule has 0 N–H and O–H groups in total. The molecule has 1 aliphatic rings. The van der Waals surface area contributed by atoms with Crippen LogP contribution < -0.4 is 9.47 Å². The third kappa shape index (κ3) is 4.32. The lowest BCUT2D eigenvalue weighted by molar-refractivity contribution is -0.0637. The summed E-state index contributed by atoms with van der Waals surface area (Å²) in [6.07, 6.45) is -0.404. The number of amides is 1. The van der Waals surface area contributed by atoms with E-state index in [1.807, 2.05) is 58.9 Å². The maximum Gasteiger partial charge on any atom is 0.413 e. The summed E-state index contributed by atoms with van der Waals surface area (Å²) in [5, 5.41) is 0. The lowest BCUT2D eigenvalue weighted by Crippen LogP contribution is -2.51. The second-order valence-electron chi connectivity index (χ2n) is 7.22. The zero-order valence-corrected chi connectivity index (χ0v) is 15.3. The molecule has 1 atom stereocenters. The number of benzene rings is 1. The minimum Gasteiger partial charge on any atom is -0.493 e. The molecule has 1 amide bonds. The van der Waals surface area contributed by atoms with Crippen LogP contribution in [-0.4, -0.2) is 48.7 Å². The molecule has 0 bridgehead atoms. The van der Waals surface area contributed by atoms with E-state index in [-0.39, 0.29) is 6.04 Å². The first kappa shape index (κ1) is 18.4. The molecule has 6 nitrogen and oxygen atoms in total. The van der Waals surface area contributed by atoms with Crippen molar-refractivity contribution in [3.05, 3.63) is 24.3 Å². The van der Waals surface area contributed by atoms with Gasteiger partial charge < -0.3 is 18.9 Å². The molecular weight excluding hydrogens is 310 g/mol. The second-order valence-corrected chi connectivity index (χ2v) is 7.22. The van der Waals surface area contributed by atoms with Crippen LogP contribution in [0.4, 0.5) is 4.79 Å². The van der Waals surface area contributed by atoms with Crippen molar-refractivity contribution in [1.29, 1.82) is 0 Å². The van der Waals surface area contributed by atoms with Crippen LogP contribution in [0.2, 0.25) is 0 Å². The van der Waals surface area contributed by atoms with Crippen LogP contribution in [0.5, 0.6) is 11.5 Å². The SMILES string of the molecule is COc1ccccc1OC[C@@H]1COC(C)(C)N1C(=O)OC(C)(C)C. The van der Waals surface area contributed by atoms with Crippen molar-refractivity contribution in [3.8, 4) is 11.5 Å². The van der Waals surface area contributed by atoms with Crippen LogP contribution in [0.15, 0.2) is 24.3 Å². The number of para-hydroxylation sites is 2. The molecule has 0 aromatic heterocycles. The van der Waals surface area contributed by atoms with Gasteiger partial charge in [-0.2, -0.15) is 0 Å². The minimum atomic E-state index is -0.739. The van der Waals surface area contributed by atoms with E-state index in [0.717, 1.165) is 0 Å². The molecule has 1 heterocycles. The molecule has 0 unspecified atom stereocenters. The van der Waals surface area contributed by atoms with Gasteiger partial charge in [0.2, 0.25) is 0 Å². The van der Waals surface area contributed by atoms with Gasteiger partial charge in [0.15, 0.2) is 11.5 Å². The summed E-state index contributed by atoms with van der Waals surface area (Å²) in [7, 11) is 1.59. The molecule has 1 aromatic rings. The molecule has 6 heteroatoms. The number of nitrogens with zero attached hydrogens (tertiary/aromatic N) is 1. The van der Waals surface area contributed by atoms with Gasteiger partial charge in [-0.15, -0.1) is 0 Å². The molecule has 0 saturated carbocycles. The largest absolute Gasteiger partial charge is 0.493 e. The van der Waals surface area contributed by atoms with Gasteiger partial charge in [0.1, 0.15) is 17.9 Å². The Morgan fingerprint density at radius 1 is 1.29 bits per heavy atom. The Balaban J connectivity index is 2.09. The average molecular weight is 337 g/mol. The van der Waals surface area contributed by atoms with Gasteiger partial charge in [0, 0.05) is 0 Å². The molecule has 1 aliphatic heterocycles. The fourth-order valence-corrected chi connectivity index (χ4v) is 2.61. The molecule has 2 rings (SSSR count). The summed E-state index contributed by atoms with van der Waals surface area (Å²) in [4.78, 5) is 14.2. The summed E-state index contributed by atoms with van der Waals surface area (Å²) >= 11 is 0. The molecule has 0 radical (unpaired) electrons. The normalized spacial score (nSPS) is 19.9. The van der Waals surface area contributed by atoms with E-state index in [1.165, 1.54) is 0 Å². The number of ether oxygens (including phenoxy) is 4. The molecule has 0 aliphatic carbocycles. The van der Waals surface area contributed by atoms with Gasteiger partial charge in [-0.05, 0) is 46.8 Å². The van der Waals surface area contributed by atoms with Gasteiger partial charge in [-0.3, -0.25) is 4.90 Å². The average Bonchev–Trinajstić information content (AvgIpc) is 2.78. The van der Waals surface area contributed by atoms with Crippen molar-refractivity contribution in [1.82, 2.24) is 4.90 Å². The predicted molar refractivity (Wildman–Crippen MR) is 90.4 cm³/mol. The Morgan fingerprint density at radius 2 is 1.92 bits per heavy atom. The van der Waals surface area contributed by atoms with Gasteiger partial charge in [-0.1, -0.05) is 12.1 Å². The maximum absolute atomic E-state index is 12.6. The van der Waals surface area contributed by atoms with Crippen molar-refractivity contribution < 1.29 is 23.7 Å². The smallest absolute Gasteiger partial charge is 0.413 e. The summed E-state index contributed by atoms with van der Waals surface area (Å²) < 4.78 is 22.4. The van der Waals surface area contributed by atoms with Crippen molar-refractivity contribution >= 4 is 6.09 Å². The lowest BCUT2D eigenvalue weighted by Gasteiger charge is -2.35. The first-order valence-corrected chi connectivity index (χ1v) is 8.06. The van der Waals surface area contributed by atoms with E-state index in [0.29, 0.717) is 24.7 Å². The number of methoxy groups -OCH3 is 1. The number of hydrogen-bond donors (Lipinski definition) is 0. The third-order valence-electron chi connectivity index (χ3n) is 3.66. The Labute approximate surface area is 143 Å². The van der Waals surface area contributed by atoms with Gasteiger partial charge in [0.25, 0.3) is 0 Å². The fraction of sp³-hybridized carbons (Fsp3) is 0.611. The highest BCUT2D eigenvalue weighted by atomic mass is 16.6. The summed E-state index contributed by atoms with van der Waals surface area (Å²) in [5.41, 5.74) is -1.30. The van der Waals surface area contributed by atoms with E-state index in [9.17, 15) is 4.79 Å². The third-order valence-corrected chi connectivity index (χ3v) is 3.66. The van der Waals surface area contributed by atoms with Crippen molar-refractivity contribution in [2.75, 3.05) is 20.3 Å². The Kier molecular flexibility index (Phi) is 5.28. The summed E-state index contributed by atoms with van der Waals surface area (Å²) in [6, 6.07) is 7.17. The van der Waals surface area contributed by atoms with Crippen LogP contribution in [0.1, 0.15) is 34.6 Å². The molecule has 1 aromatic carbocycles. The highest BCUT2D eigenvalue weighted by molar-refractivity contribution is 5.69. The molecular formula is C18H27NO5. The van der Waals surface area contributed by atoms with Crippen molar-refractivity contribution in [3.63, 3.8) is 0 Å². The molecule has 0 spiro atoms. The summed E-state index contributed by atoms with van der Waals surface area (Å²) in [5.74, 6) is 1.29. The minimum absolute atomic E-state index is 0.236. The van der Waals surface area contributed by atoms with E-state index < -0.39 is 17.4 Å². The van der Waals surface area contributed by atoms with E-state index in [2.05, 4.69) is 0 Å². The summed E-state index contributed by atoms with van der Waals surface area (Å²) in [6.45, 7) is 9.91. The van der Waals surface area contributed by atoms with Crippen molar-refractivity contribution in [2.45, 2.75) is 52.0 Å². The Hall–Kier alpha value is -1.95. The van der Waals surface area contributed by atoms with Crippen LogP contribution in [-0.2, 0) is 9.47 Å². The van der Waals surface area contributed by atoms with Gasteiger partial charge >= 0.3 is 6.09 Å². The highest BCUT2D eigenvalue weighted by Crippen LogP contribution is 2.31. The first-order chi connectivity index (χ1) is 11.1. The molecule has 1 fully saturated rings. The quantitative estimate of drug-likeness (QED) is 0.842. The highest BCUT2D eigenvalue weighted by Gasteiger charge is 2.46. The Morgan fingerprint density at radius 3 is 2.50 bits per heavy atom. The molecule has 24 heavy (non-hydrogen) atoms. The predicted octanol–water partition coefficient (Wildman–Crippen LogP) is 3.45. The van der Waals surface area contributed by atoms with Crippen molar-refractivity contribution in [2.24, 2.45) is 0 Å². The fourth-order valence-electron chi connectivity index (χ4n) is 2.61. The van der Waals surface area contributed by atoms with Crippen LogP contribution in [0.25, 0.3) is 0 Å². The van der Waals surface area contributed by atoms with Crippen LogP contribution >= 0.6 is 0 Å². The van der Waals surface area contributed by atoms with Gasteiger partial charge in [0.05, 0.1) is 19.8 Å². The number of carbonyl (C=O) groups excluding carboxylic acids is 1. The van der Waals surface area contributed by atoms with E-state index in [1.54, 1.807) is 12.0 Å². The van der Waals surface area contributed by atoms with Crippen LogP contribution in [0, 0.1) is 0 Å². The topological polar surface area (TPSA) is 57.2 Å². The first-order valence-electron chi connectivity index (χ1n) is 8.06. The molecule has 134 valence electrons. The number of hydrogen-bond acceptors (Lipinski definition) is 5. The van der Waals surface area contributed by atoms with E-state index in [4.69, 9.17) is 18.9 Å². The molecule has 1 saturated heterocycles. The zero-order chi connectivity index (χ0) is 18.0. The Bertz CT molecular complexity index is 579. The van der Waals surface area contributed by atoms with Gasteiger partial charge in [-0.25, -0.2) is 4.79 Å². The standard InChI is InChI=1S/C18H27NO5/c1-17(2,3)24-16(20)19-13(12-23-18(19,4)5)11-22-15-10-8-7-9-14(15)21-6/h7-10,13H,11-12H2,1-6H3/t13-/m1/s1. The maximum atomic E-state index is 12.6. The lowest BCUT2D eigenvalue weighted by atomic mass is 10.2. The zero-order valence-electron chi connectivity index (χ0n) is 15.3. The second kappa shape index (κ2) is 6.89. The van der Waals surface area contributed by atoms with E-state index >= 15 is 0 Å². The number of rotatable bonds is 4. The van der Waals surface area contributed by atoms with Crippen LogP contribution in [0.3, 0.4) is 0 Å².